The average molecular weight is 501 g/mol. The SMILES string of the molecule is O=C(NNCc1ccccc1)c1cc(Cl)n2c(CC3CCC(F)(F)CC3)c(C(F)(F)F)nc2c1. The lowest BCUT2D eigenvalue weighted by molar-refractivity contribution is -0.141. The second-order valence-electron chi connectivity index (χ2n) is 8.46. The number of carbonyl (C=O) groups is 1. The number of rotatable bonds is 6. The van der Waals surface area contributed by atoms with Crippen LogP contribution in [0.3, 0.4) is 0 Å². The number of amides is 1. The molecule has 2 heterocycles. The average Bonchev–Trinajstić information content (AvgIpc) is 3.15. The first kappa shape index (κ1) is 24.4. The number of halogens is 6. The maximum atomic E-state index is 13.8. The number of benzene rings is 1. The van der Waals surface area contributed by atoms with E-state index in [1.165, 1.54) is 12.1 Å². The molecule has 2 aromatic heterocycles. The molecule has 0 atom stereocenters. The molecule has 1 aliphatic carbocycles. The Labute approximate surface area is 197 Å². The number of hydrogen-bond acceptors (Lipinski definition) is 3. The third-order valence-corrected chi connectivity index (χ3v) is 6.24. The van der Waals surface area contributed by atoms with E-state index in [-0.39, 0.29) is 60.1 Å². The van der Waals surface area contributed by atoms with Gasteiger partial charge in [0.05, 0.1) is 5.69 Å². The van der Waals surface area contributed by atoms with E-state index in [1.807, 2.05) is 30.3 Å². The first-order valence-electron chi connectivity index (χ1n) is 10.8. The number of hydrazine groups is 1. The lowest BCUT2D eigenvalue weighted by Crippen LogP contribution is -2.36. The first-order chi connectivity index (χ1) is 16.0. The summed E-state index contributed by atoms with van der Waals surface area (Å²) in [5, 5.41) is -0.121. The van der Waals surface area contributed by atoms with E-state index >= 15 is 0 Å². The number of fused-ring (bicyclic) bond motifs is 1. The van der Waals surface area contributed by atoms with Crippen molar-refractivity contribution in [3.05, 3.63) is 70.1 Å². The van der Waals surface area contributed by atoms with Crippen LogP contribution in [0, 0.1) is 5.92 Å². The summed E-state index contributed by atoms with van der Waals surface area (Å²) in [6.07, 6.45) is -5.34. The van der Waals surface area contributed by atoms with E-state index in [4.69, 9.17) is 11.6 Å². The van der Waals surface area contributed by atoms with Gasteiger partial charge in [-0.2, -0.15) is 13.2 Å². The van der Waals surface area contributed by atoms with Gasteiger partial charge in [-0.3, -0.25) is 14.6 Å². The fourth-order valence-electron chi connectivity index (χ4n) is 4.20. The largest absolute Gasteiger partial charge is 0.435 e. The van der Waals surface area contributed by atoms with Crippen molar-refractivity contribution in [1.29, 1.82) is 0 Å². The Morgan fingerprint density at radius 1 is 1.15 bits per heavy atom. The third-order valence-electron chi connectivity index (χ3n) is 5.96. The van der Waals surface area contributed by atoms with Gasteiger partial charge in [-0.15, -0.1) is 0 Å². The molecular weight excluding hydrogens is 479 g/mol. The van der Waals surface area contributed by atoms with Crippen LogP contribution >= 0.6 is 11.6 Å². The van der Waals surface area contributed by atoms with Crippen LogP contribution in [-0.4, -0.2) is 21.2 Å². The molecule has 0 radical (unpaired) electrons. The van der Waals surface area contributed by atoms with E-state index in [0.717, 1.165) is 9.96 Å². The Hall–Kier alpha value is -2.72. The Balaban J connectivity index is 1.57. The summed E-state index contributed by atoms with van der Waals surface area (Å²) in [4.78, 5) is 16.2. The molecule has 2 N–H and O–H groups in total. The number of nitrogens with one attached hydrogen (secondary N) is 2. The standard InChI is InChI=1S/C23H22ClF5N4O/c24-18-11-16(21(34)32-30-13-15-4-2-1-3-5-15)12-19-31-20(23(27,28)29)17(33(18)19)10-14-6-8-22(25,26)9-7-14/h1-5,11-12,14,30H,6-10,13H2,(H,32,34). The van der Waals surface area contributed by atoms with Crippen molar-refractivity contribution < 1.29 is 26.7 Å². The zero-order chi connectivity index (χ0) is 24.5. The van der Waals surface area contributed by atoms with Gasteiger partial charge in [-0.05, 0) is 42.9 Å². The molecule has 11 heteroatoms. The van der Waals surface area contributed by atoms with Gasteiger partial charge in [0.1, 0.15) is 10.8 Å². The second kappa shape index (κ2) is 9.50. The van der Waals surface area contributed by atoms with E-state index < -0.39 is 23.7 Å². The molecule has 34 heavy (non-hydrogen) atoms. The molecule has 5 nitrogen and oxygen atoms in total. The first-order valence-corrected chi connectivity index (χ1v) is 11.1. The summed E-state index contributed by atoms with van der Waals surface area (Å²) in [6, 6.07) is 11.8. The predicted molar refractivity (Wildman–Crippen MR) is 117 cm³/mol. The van der Waals surface area contributed by atoms with Crippen molar-refractivity contribution in [2.75, 3.05) is 0 Å². The van der Waals surface area contributed by atoms with Crippen molar-refractivity contribution in [1.82, 2.24) is 20.2 Å². The van der Waals surface area contributed by atoms with E-state index in [1.54, 1.807) is 0 Å². The minimum Gasteiger partial charge on any atom is -0.287 e. The lowest BCUT2D eigenvalue weighted by atomic mass is 9.83. The van der Waals surface area contributed by atoms with Gasteiger partial charge in [0.2, 0.25) is 5.92 Å². The van der Waals surface area contributed by atoms with E-state index in [9.17, 15) is 26.7 Å². The number of nitrogens with zero attached hydrogens (tertiary/aromatic N) is 2. The highest BCUT2D eigenvalue weighted by molar-refractivity contribution is 6.30. The molecular formula is C23H22ClF5N4O. The molecule has 4 rings (SSSR count). The summed E-state index contributed by atoms with van der Waals surface area (Å²) < 4.78 is 69.4. The Morgan fingerprint density at radius 2 is 1.82 bits per heavy atom. The highest BCUT2D eigenvalue weighted by Crippen LogP contribution is 2.40. The monoisotopic (exact) mass is 500 g/mol. The number of hydrogen-bond donors (Lipinski definition) is 2. The number of pyridine rings is 1. The van der Waals surface area contributed by atoms with E-state index in [2.05, 4.69) is 15.8 Å². The zero-order valence-electron chi connectivity index (χ0n) is 17.9. The van der Waals surface area contributed by atoms with Crippen molar-refractivity contribution in [2.45, 2.75) is 50.7 Å². The van der Waals surface area contributed by atoms with Crippen LogP contribution in [0.1, 0.15) is 53.0 Å². The quantitative estimate of drug-likeness (QED) is 0.255. The maximum absolute atomic E-state index is 13.8. The Kier molecular flexibility index (Phi) is 6.82. The van der Waals surface area contributed by atoms with Crippen molar-refractivity contribution in [3.63, 3.8) is 0 Å². The molecule has 182 valence electrons. The number of aromatic nitrogens is 2. The molecule has 0 aliphatic heterocycles. The van der Waals surface area contributed by atoms with Gasteiger partial charge in [-0.25, -0.2) is 19.2 Å². The van der Waals surface area contributed by atoms with Gasteiger partial charge < -0.3 is 0 Å². The number of alkyl halides is 5. The van der Waals surface area contributed by atoms with Gasteiger partial charge in [0.25, 0.3) is 5.91 Å². The summed E-state index contributed by atoms with van der Waals surface area (Å²) in [5.74, 6) is -3.72. The summed E-state index contributed by atoms with van der Waals surface area (Å²) >= 11 is 6.30. The minimum absolute atomic E-state index is 0.0284. The molecule has 0 bridgehead atoms. The predicted octanol–water partition coefficient (Wildman–Crippen LogP) is 5.81. The molecule has 1 saturated carbocycles. The second-order valence-corrected chi connectivity index (χ2v) is 8.85. The fraction of sp³-hybridized carbons (Fsp3) is 0.391. The van der Waals surface area contributed by atoms with Gasteiger partial charge in [0, 0.05) is 24.9 Å². The molecule has 1 aromatic carbocycles. The normalized spacial score (nSPS) is 16.6. The maximum Gasteiger partial charge on any atom is 0.435 e. The van der Waals surface area contributed by atoms with Crippen molar-refractivity contribution in [2.24, 2.45) is 5.92 Å². The van der Waals surface area contributed by atoms with Crippen LogP contribution in [0.5, 0.6) is 0 Å². The molecule has 1 amide bonds. The van der Waals surface area contributed by atoms with E-state index in [0.29, 0.717) is 6.54 Å². The van der Waals surface area contributed by atoms with Gasteiger partial charge in [-0.1, -0.05) is 41.9 Å². The third kappa shape index (κ3) is 5.50. The van der Waals surface area contributed by atoms with Crippen LogP contribution < -0.4 is 10.9 Å². The Bertz CT molecular complexity index is 1170. The summed E-state index contributed by atoms with van der Waals surface area (Å²) in [7, 11) is 0. The zero-order valence-corrected chi connectivity index (χ0v) is 18.7. The lowest BCUT2D eigenvalue weighted by Gasteiger charge is -2.28. The number of carbonyl (C=O) groups excluding carboxylic acids is 1. The molecule has 1 aliphatic rings. The van der Waals surface area contributed by atoms with Crippen molar-refractivity contribution in [3.8, 4) is 0 Å². The molecule has 0 unspecified atom stereocenters. The summed E-state index contributed by atoms with van der Waals surface area (Å²) in [5.41, 5.74) is 4.76. The van der Waals surface area contributed by atoms with Crippen LogP contribution in [-0.2, 0) is 19.1 Å². The highest BCUT2D eigenvalue weighted by Gasteiger charge is 2.40. The van der Waals surface area contributed by atoms with Gasteiger partial charge in [0.15, 0.2) is 5.69 Å². The Morgan fingerprint density at radius 3 is 2.47 bits per heavy atom. The fourth-order valence-corrected chi connectivity index (χ4v) is 4.51. The molecule has 3 aromatic rings. The van der Waals surface area contributed by atoms with Gasteiger partial charge >= 0.3 is 6.18 Å². The van der Waals surface area contributed by atoms with Crippen molar-refractivity contribution >= 4 is 23.2 Å². The van der Waals surface area contributed by atoms with Crippen LogP contribution in [0.4, 0.5) is 22.0 Å². The number of imidazole rings is 1. The minimum atomic E-state index is -4.76. The van der Waals surface area contributed by atoms with Crippen LogP contribution in [0.15, 0.2) is 42.5 Å². The molecule has 1 fully saturated rings. The van der Waals surface area contributed by atoms with Crippen LogP contribution in [0.25, 0.3) is 5.65 Å². The molecule has 0 spiro atoms. The topological polar surface area (TPSA) is 58.4 Å². The highest BCUT2D eigenvalue weighted by atomic mass is 35.5. The molecule has 0 saturated heterocycles. The summed E-state index contributed by atoms with van der Waals surface area (Å²) in [6.45, 7) is 0.342. The van der Waals surface area contributed by atoms with Crippen LogP contribution in [0.2, 0.25) is 5.15 Å². The smallest absolute Gasteiger partial charge is 0.287 e.